The van der Waals surface area contributed by atoms with Crippen LogP contribution in [0.5, 0.6) is 5.75 Å². The predicted molar refractivity (Wildman–Crippen MR) is 76.0 cm³/mol. The Morgan fingerprint density at radius 3 is 2.83 bits per heavy atom. The number of rotatable bonds is 3. The van der Waals surface area contributed by atoms with Crippen LogP contribution in [0.2, 0.25) is 5.02 Å². The third-order valence-electron chi connectivity index (χ3n) is 3.98. The molecule has 0 spiro atoms. The fourth-order valence-electron chi connectivity index (χ4n) is 2.87. The van der Waals surface area contributed by atoms with Gasteiger partial charge in [-0.25, -0.2) is 0 Å². The second kappa shape index (κ2) is 5.94. The largest absolute Gasteiger partial charge is 0.506 e. The minimum absolute atomic E-state index is 0.161. The predicted octanol–water partition coefficient (Wildman–Crippen LogP) is 4.06. The van der Waals surface area contributed by atoms with Gasteiger partial charge in [0.15, 0.2) is 0 Å². The van der Waals surface area contributed by atoms with Gasteiger partial charge in [-0.3, -0.25) is 4.90 Å². The maximum Gasteiger partial charge on any atom is 0.134 e. The van der Waals surface area contributed by atoms with Crippen molar-refractivity contribution in [1.29, 1.82) is 0 Å². The second-order valence-corrected chi connectivity index (χ2v) is 6.03. The van der Waals surface area contributed by atoms with Crippen LogP contribution in [0.15, 0.2) is 18.2 Å². The highest BCUT2D eigenvalue weighted by atomic mass is 35.5. The summed E-state index contributed by atoms with van der Waals surface area (Å²) in [5, 5.41) is 9.86. The minimum atomic E-state index is 0.161. The molecule has 2 rings (SSSR count). The van der Waals surface area contributed by atoms with Crippen molar-refractivity contribution in [2.45, 2.75) is 45.2 Å². The van der Waals surface area contributed by atoms with Crippen LogP contribution in [0.3, 0.4) is 0 Å². The van der Waals surface area contributed by atoms with Crippen molar-refractivity contribution in [2.75, 3.05) is 7.05 Å². The Kier molecular flexibility index (Phi) is 4.52. The lowest BCUT2D eigenvalue weighted by atomic mass is 9.86. The molecule has 1 aliphatic rings. The monoisotopic (exact) mass is 267 g/mol. The van der Waals surface area contributed by atoms with Crippen molar-refractivity contribution in [2.24, 2.45) is 5.92 Å². The lowest BCUT2D eigenvalue weighted by Gasteiger charge is -2.34. The molecule has 1 saturated carbocycles. The normalized spacial score (nSPS) is 24.4. The van der Waals surface area contributed by atoms with Gasteiger partial charge in [-0.1, -0.05) is 37.4 Å². The summed E-state index contributed by atoms with van der Waals surface area (Å²) >= 11 is 5.94. The number of phenols is 1. The van der Waals surface area contributed by atoms with Gasteiger partial charge in [-0.15, -0.1) is 0 Å². The summed E-state index contributed by atoms with van der Waals surface area (Å²) in [6.07, 6.45) is 5.30. The number of halogens is 1. The van der Waals surface area contributed by atoms with Gasteiger partial charge in [0.05, 0.1) is 5.02 Å². The first-order valence-corrected chi connectivity index (χ1v) is 7.11. The van der Waals surface area contributed by atoms with Crippen LogP contribution in [0, 0.1) is 5.92 Å². The molecule has 1 aliphatic carbocycles. The fourth-order valence-corrected chi connectivity index (χ4v) is 3.07. The molecule has 0 saturated heterocycles. The number of aromatic hydroxyl groups is 1. The highest BCUT2D eigenvalue weighted by Crippen LogP contribution is 2.29. The van der Waals surface area contributed by atoms with Gasteiger partial charge >= 0.3 is 0 Å². The highest BCUT2D eigenvalue weighted by Gasteiger charge is 2.22. The summed E-state index contributed by atoms with van der Waals surface area (Å²) in [6, 6.07) is 6.17. The minimum Gasteiger partial charge on any atom is -0.506 e. The molecule has 100 valence electrons. The molecular weight excluding hydrogens is 246 g/mol. The summed E-state index contributed by atoms with van der Waals surface area (Å²) in [5.74, 6) is 1.00. The maximum atomic E-state index is 9.42. The quantitative estimate of drug-likeness (QED) is 0.893. The van der Waals surface area contributed by atoms with Crippen LogP contribution < -0.4 is 0 Å². The lowest BCUT2D eigenvalue weighted by molar-refractivity contribution is 0.157. The second-order valence-electron chi connectivity index (χ2n) is 5.63. The van der Waals surface area contributed by atoms with E-state index >= 15 is 0 Å². The third-order valence-corrected chi connectivity index (χ3v) is 4.28. The van der Waals surface area contributed by atoms with Gasteiger partial charge < -0.3 is 5.11 Å². The van der Waals surface area contributed by atoms with E-state index in [1.54, 1.807) is 6.07 Å². The molecule has 2 nitrogen and oxygen atoms in total. The number of phenolic OH excluding ortho intramolecular Hbond substituents is 1. The van der Waals surface area contributed by atoms with Crippen LogP contribution in [0.4, 0.5) is 0 Å². The first-order chi connectivity index (χ1) is 8.56. The fraction of sp³-hybridized carbons (Fsp3) is 0.600. The molecule has 0 aliphatic heterocycles. The standard InChI is InChI=1S/C15H22ClNO/c1-11-4-3-5-13(8-11)17(2)10-12-6-7-15(18)14(16)9-12/h6-7,9,11,13,18H,3-5,8,10H2,1-2H3. The molecule has 1 fully saturated rings. The van der Waals surface area contributed by atoms with Gasteiger partial charge in [0.1, 0.15) is 5.75 Å². The lowest BCUT2D eigenvalue weighted by Crippen LogP contribution is -2.35. The van der Waals surface area contributed by atoms with Crippen LogP contribution in [0.25, 0.3) is 0 Å². The van der Waals surface area contributed by atoms with Crippen molar-refractivity contribution >= 4 is 11.6 Å². The number of hydrogen-bond donors (Lipinski definition) is 1. The summed E-state index contributed by atoms with van der Waals surface area (Å²) in [5.41, 5.74) is 1.17. The Morgan fingerprint density at radius 2 is 2.17 bits per heavy atom. The van der Waals surface area contributed by atoms with Gasteiger partial charge in [-0.05, 0) is 43.5 Å². The number of hydrogen-bond acceptors (Lipinski definition) is 2. The first-order valence-electron chi connectivity index (χ1n) is 6.74. The SMILES string of the molecule is CC1CCCC(N(C)Cc2ccc(O)c(Cl)c2)C1. The summed E-state index contributed by atoms with van der Waals surface area (Å²) in [6.45, 7) is 3.24. The van der Waals surface area contributed by atoms with Crippen molar-refractivity contribution < 1.29 is 5.11 Å². The zero-order valence-corrected chi connectivity index (χ0v) is 12.0. The van der Waals surface area contributed by atoms with Crippen molar-refractivity contribution in [1.82, 2.24) is 4.90 Å². The van der Waals surface area contributed by atoms with E-state index < -0.39 is 0 Å². The van der Waals surface area contributed by atoms with Crippen molar-refractivity contribution in [3.05, 3.63) is 28.8 Å². The zero-order chi connectivity index (χ0) is 13.1. The Bertz CT molecular complexity index is 407. The van der Waals surface area contributed by atoms with Crippen LogP contribution in [-0.2, 0) is 6.54 Å². The van der Waals surface area contributed by atoms with Crippen molar-refractivity contribution in [3.63, 3.8) is 0 Å². The van der Waals surface area contributed by atoms with E-state index in [1.165, 1.54) is 31.2 Å². The Labute approximate surface area is 115 Å². The highest BCUT2D eigenvalue weighted by molar-refractivity contribution is 6.32. The van der Waals surface area contributed by atoms with Gasteiger partial charge in [-0.2, -0.15) is 0 Å². The van der Waals surface area contributed by atoms with E-state index in [9.17, 15) is 5.11 Å². The third kappa shape index (κ3) is 3.39. The topological polar surface area (TPSA) is 23.5 Å². The Balaban J connectivity index is 1.97. The van der Waals surface area contributed by atoms with E-state index in [-0.39, 0.29) is 5.75 Å². The molecule has 3 heteroatoms. The molecule has 18 heavy (non-hydrogen) atoms. The van der Waals surface area contributed by atoms with E-state index in [1.807, 2.05) is 12.1 Å². The van der Waals surface area contributed by atoms with E-state index in [0.717, 1.165) is 12.5 Å². The maximum absolute atomic E-state index is 9.42. The molecule has 0 aromatic heterocycles. The van der Waals surface area contributed by atoms with Crippen LogP contribution >= 0.6 is 11.6 Å². The Morgan fingerprint density at radius 1 is 1.39 bits per heavy atom. The zero-order valence-electron chi connectivity index (χ0n) is 11.2. The summed E-state index contributed by atoms with van der Waals surface area (Å²) in [7, 11) is 2.18. The Hall–Kier alpha value is -0.730. The first kappa shape index (κ1) is 13.7. The molecule has 0 heterocycles. The summed E-state index contributed by atoms with van der Waals surface area (Å²) < 4.78 is 0. The smallest absolute Gasteiger partial charge is 0.134 e. The van der Waals surface area contributed by atoms with Gasteiger partial charge in [0, 0.05) is 12.6 Å². The molecule has 1 aromatic carbocycles. The van der Waals surface area contributed by atoms with Crippen LogP contribution in [0.1, 0.15) is 38.2 Å². The molecule has 1 N–H and O–H groups in total. The van der Waals surface area contributed by atoms with E-state index in [0.29, 0.717) is 11.1 Å². The number of benzene rings is 1. The van der Waals surface area contributed by atoms with Gasteiger partial charge in [0.2, 0.25) is 0 Å². The van der Waals surface area contributed by atoms with E-state index in [4.69, 9.17) is 11.6 Å². The molecule has 0 amide bonds. The van der Waals surface area contributed by atoms with E-state index in [2.05, 4.69) is 18.9 Å². The van der Waals surface area contributed by atoms with Gasteiger partial charge in [0.25, 0.3) is 0 Å². The molecule has 2 unspecified atom stereocenters. The summed E-state index contributed by atoms with van der Waals surface area (Å²) in [4.78, 5) is 2.42. The average molecular weight is 268 g/mol. The molecular formula is C15H22ClNO. The molecule has 1 aromatic rings. The molecule has 2 atom stereocenters. The van der Waals surface area contributed by atoms with Crippen LogP contribution in [-0.4, -0.2) is 23.1 Å². The molecule has 0 bridgehead atoms. The average Bonchev–Trinajstić information content (AvgIpc) is 2.34. The number of nitrogens with zero attached hydrogens (tertiary/aromatic N) is 1. The molecule has 0 radical (unpaired) electrons. The van der Waals surface area contributed by atoms with Crippen molar-refractivity contribution in [3.8, 4) is 5.75 Å².